The zero-order valence-corrected chi connectivity index (χ0v) is 14.6. The average molecular weight is 405 g/mol. The van der Waals surface area contributed by atoms with Gasteiger partial charge in [0.2, 0.25) is 5.43 Å². The number of carbonyl (C=O) groups excluding carboxylic acids is 1. The molecule has 0 spiro atoms. The van der Waals surface area contributed by atoms with E-state index in [9.17, 15) is 9.59 Å². The van der Waals surface area contributed by atoms with Gasteiger partial charge in [0.15, 0.2) is 5.69 Å². The Balaban J connectivity index is 1.94. The van der Waals surface area contributed by atoms with Crippen molar-refractivity contribution in [3.8, 4) is 5.69 Å². The predicted octanol–water partition coefficient (Wildman–Crippen LogP) is 3.90. The molecule has 1 aromatic heterocycles. The highest BCUT2D eigenvalue weighted by Crippen LogP contribution is 2.21. The molecular formula is C17H11BrClN3O2. The van der Waals surface area contributed by atoms with Crippen molar-refractivity contribution in [2.24, 2.45) is 0 Å². The van der Waals surface area contributed by atoms with E-state index in [-0.39, 0.29) is 5.69 Å². The lowest BCUT2D eigenvalue weighted by Crippen LogP contribution is -2.25. The largest absolute Gasteiger partial charge is 0.319 e. The highest BCUT2D eigenvalue weighted by molar-refractivity contribution is 9.10. The third-order valence-corrected chi connectivity index (χ3v) is 4.18. The molecule has 3 rings (SSSR count). The predicted molar refractivity (Wildman–Crippen MR) is 96.9 cm³/mol. The molecule has 2 aromatic carbocycles. The maximum Gasteiger partial charge on any atom is 0.280 e. The van der Waals surface area contributed by atoms with Crippen molar-refractivity contribution in [1.82, 2.24) is 9.78 Å². The van der Waals surface area contributed by atoms with E-state index in [4.69, 9.17) is 11.6 Å². The Bertz CT molecular complexity index is 955. The van der Waals surface area contributed by atoms with Crippen LogP contribution in [-0.4, -0.2) is 15.7 Å². The minimum Gasteiger partial charge on any atom is -0.319 e. The van der Waals surface area contributed by atoms with Crippen molar-refractivity contribution in [3.63, 3.8) is 0 Å². The SMILES string of the molecule is O=C(Nc1ccccc1Br)c1nn(-c2ccc(Cl)cc2)ccc1=O. The second kappa shape index (κ2) is 6.98. The van der Waals surface area contributed by atoms with Crippen molar-refractivity contribution >= 4 is 39.1 Å². The second-order valence-corrected chi connectivity index (χ2v) is 6.17. The molecule has 7 heteroatoms. The average Bonchev–Trinajstić information content (AvgIpc) is 2.58. The van der Waals surface area contributed by atoms with Crippen molar-refractivity contribution < 1.29 is 4.79 Å². The van der Waals surface area contributed by atoms with Gasteiger partial charge in [-0.15, -0.1) is 0 Å². The first-order valence-electron chi connectivity index (χ1n) is 6.96. The Labute approximate surface area is 151 Å². The molecule has 0 aliphatic carbocycles. The maximum atomic E-state index is 12.4. The van der Waals surface area contributed by atoms with Crippen LogP contribution in [0.15, 0.2) is 70.1 Å². The van der Waals surface area contributed by atoms with Crippen molar-refractivity contribution in [1.29, 1.82) is 0 Å². The summed E-state index contributed by atoms with van der Waals surface area (Å²) in [6.07, 6.45) is 1.50. The van der Waals surface area contributed by atoms with Crippen LogP contribution in [0, 0.1) is 0 Å². The molecule has 120 valence electrons. The molecule has 0 atom stereocenters. The molecule has 0 fully saturated rings. The van der Waals surface area contributed by atoms with E-state index >= 15 is 0 Å². The van der Waals surface area contributed by atoms with Gasteiger partial charge in [0, 0.05) is 21.8 Å². The molecule has 0 aliphatic heterocycles. The highest BCUT2D eigenvalue weighted by Gasteiger charge is 2.14. The summed E-state index contributed by atoms with van der Waals surface area (Å²) >= 11 is 9.21. The molecule has 0 saturated heterocycles. The van der Waals surface area contributed by atoms with Gasteiger partial charge >= 0.3 is 0 Å². The minimum atomic E-state index is -0.574. The molecule has 0 bridgehead atoms. The van der Waals surface area contributed by atoms with Gasteiger partial charge in [0.25, 0.3) is 5.91 Å². The summed E-state index contributed by atoms with van der Waals surface area (Å²) in [4.78, 5) is 24.4. The normalized spacial score (nSPS) is 10.4. The summed E-state index contributed by atoms with van der Waals surface area (Å²) < 4.78 is 2.17. The van der Waals surface area contributed by atoms with Crippen LogP contribution in [0.2, 0.25) is 5.02 Å². The second-order valence-electron chi connectivity index (χ2n) is 4.88. The Hall–Kier alpha value is -2.44. The minimum absolute atomic E-state index is 0.191. The first-order valence-corrected chi connectivity index (χ1v) is 8.13. The number of anilines is 1. The van der Waals surface area contributed by atoms with Crippen LogP contribution in [0.5, 0.6) is 0 Å². The standard InChI is InChI=1S/C17H11BrClN3O2/c18-13-3-1-2-4-14(13)20-17(24)16-15(23)9-10-22(21-16)12-7-5-11(19)6-8-12/h1-10H,(H,20,24). The van der Waals surface area contributed by atoms with Crippen LogP contribution in [0.25, 0.3) is 5.69 Å². The van der Waals surface area contributed by atoms with Gasteiger partial charge in [-0.1, -0.05) is 23.7 Å². The number of nitrogens with zero attached hydrogens (tertiary/aromatic N) is 2. The molecule has 3 aromatic rings. The fraction of sp³-hybridized carbons (Fsp3) is 0. The first-order chi connectivity index (χ1) is 11.5. The molecule has 24 heavy (non-hydrogen) atoms. The van der Waals surface area contributed by atoms with E-state index in [1.54, 1.807) is 42.5 Å². The number of amides is 1. The number of hydrogen-bond acceptors (Lipinski definition) is 3. The summed E-state index contributed by atoms with van der Waals surface area (Å²) in [5.74, 6) is -0.574. The Morgan fingerprint density at radius 1 is 1.08 bits per heavy atom. The van der Waals surface area contributed by atoms with Gasteiger partial charge in [-0.3, -0.25) is 9.59 Å². The zero-order chi connectivity index (χ0) is 17.1. The van der Waals surface area contributed by atoms with Crippen LogP contribution < -0.4 is 10.7 Å². The summed E-state index contributed by atoms with van der Waals surface area (Å²) in [5.41, 5.74) is 0.605. The van der Waals surface area contributed by atoms with Gasteiger partial charge in [0.05, 0.1) is 11.4 Å². The van der Waals surface area contributed by atoms with E-state index < -0.39 is 11.3 Å². The van der Waals surface area contributed by atoms with Crippen molar-refractivity contribution in [2.75, 3.05) is 5.32 Å². The number of benzene rings is 2. The van der Waals surface area contributed by atoms with Crippen molar-refractivity contribution in [3.05, 3.63) is 86.2 Å². The third kappa shape index (κ3) is 3.55. The van der Waals surface area contributed by atoms with Gasteiger partial charge in [-0.05, 0) is 52.3 Å². The number of rotatable bonds is 3. The number of para-hydroxylation sites is 1. The van der Waals surface area contributed by atoms with Gasteiger partial charge in [-0.25, -0.2) is 4.68 Å². The molecule has 1 heterocycles. The Morgan fingerprint density at radius 3 is 2.50 bits per heavy atom. The van der Waals surface area contributed by atoms with E-state index in [1.165, 1.54) is 16.9 Å². The summed E-state index contributed by atoms with van der Waals surface area (Å²) in [7, 11) is 0. The molecular weight excluding hydrogens is 394 g/mol. The van der Waals surface area contributed by atoms with Crippen LogP contribution in [0.4, 0.5) is 5.69 Å². The summed E-state index contributed by atoms with van der Waals surface area (Å²) in [6.45, 7) is 0. The van der Waals surface area contributed by atoms with Gasteiger partial charge in [-0.2, -0.15) is 5.10 Å². The van der Waals surface area contributed by atoms with Crippen LogP contribution >= 0.6 is 27.5 Å². The van der Waals surface area contributed by atoms with E-state index in [0.717, 1.165) is 0 Å². The number of halogens is 2. The summed E-state index contributed by atoms with van der Waals surface area (Å²) in [6, 6.07) is 15.3. The molecule has 0 radical (unpaired) electrons. The monoisotopic (exact) mass is 403 g/mol. The van der Waals surface area contributed by atoms with Crippen LogP contribution in [0.1, 0.15) is 10.5 Å². The lowest BCUT2D eigenvalue weighted by molar-refractivity contribution is 0.101. The quantitative estimate of drug-likeness (QED) is 0.720. The number of hydrogen-bond donors (Lipinski definition) is 1. The summed E-state index contributed by atoms with van der Waals surface area (Å²) in [5, 5.41) is 7.39. The van der Waals surface area contributed by atoms with Gasteiger partial charge < -0.3 is 5.32 Å². The molecule has 1 N–H and O–H groups in total. The molecule has 0 unspecified atom stereocenters. The fourth-order valence-corrected chi connectivity index (χ4v) is 2.56. The first kappa shape index (κ1) is 16.4. The number of carbonyl (C=O) groups is 1. The molecule has 1 amide bonds. The Morgan fingerprint density at radius 2 is 1.79 bits per heavy atom. The van der Waals surface area contributed by atoms with Crippen molar-refractivity contribution in [2.45, 2.75) is 0 Å². The zero-order valence-electron chi connectivity index (χ0n) is 12.2. The van der Waals surface area contributed by atoms with E-state index in [2.05, 4.69) is 26.3 Å². The third-order valence-electron chi connectivity index (χ3n) is 3.24. The van der Waals surface area contributed by atoms with E-state index in [0.29, 0.717) is 20.9 Å². The fourth-order valence-electron chi connectivity index (χ4n) is 2.05. The lowest BCUT2D eigenvalue weighted by atomic mass is 10.3. The molecule has 0 saturated carbocycles. The van der Waals surface area contributed by atoms with Crippen LogP contribution in [0.3, 0.4) is 0 Å². The maximum absolute atomic E-state index is 12.4. The number of aromatic nitrogens is 2. The molecule has 0 aliphatic rings. The highest BCUT2D eigenvalue weighted by atomic mass is 79.9. The molecule has 5 nitrogen and oxygen atoms in total. The topological polar surface area (TPSA) is 64.0 Å². The van der Waals surface area contributed by atoms with E-state index in [1.807, 2.05) is 6.07 Å². The van der Waals surface area contributed by atoms with Gasteiger partial charge in [0.1, 0.15) is 0 Å². The van der Waals surface area contributed by atoms with Crippen LogP contribution in [-0.2, 0) is 0 Å². The lowest BCUT2D eigenvalue weighted by Gasteiger charge is -2.09. The smallest absolute Gasteiger partial charge is 0.280 e. The number of nitrogens with one attached hydrogen (secondary N) is 1. The Kier molecular flexibility index (Phi) is 4.78.